The van der Waals surface area contributed by atoms with Crippen LogP contribution in [0, 0.1) is 5.82 Å². The quantitative estimate of drug-likeness (QED) is 0.786. The molecule has 8 heteroatoms. The normalized spacial score (nSPS) is 17.1. The van der Waals surface area contributed by atoms with Gasteiger partial charge in [0.1, 0.15) is 5.82 Å². The summed E-state index contributed by atoms with van der Waals surface area (Å²) in [6.45, 7) is 1.69. The zero-order chi connectivity index (χ0) is 16.9. The molecule has 0 radical (unpaired) electrons. The van der Waals surface area contributed by atoms with Crippen molar-refractivity contribution in [2.75, 3.05) is 26.7 Å². The predicted molar refractivity (Wildman–Crippen MR) is 85.7 cm³/mol. The summed E-state index contributed by atoms with van der Waals surface area (Å²) in [6.07, 6.45) is 1.33. The molecule has 1 heterocycles. The molecule has 1 saturated heterocycles. The van der Waals surface area contributed by atoms with E-state index in [0.29, 0.717) is 38.0 Å². The molecule has 1 aliphatic heterocycles. The lowest BCUT2D eigenvalue weighted by atomic mass is 10.1. The predicted octanol–water partition coefficient (Wildman–Crippen LogP) is 0.456. The lowest BCUT2D eigenvalue weighted by Gasteiger charge is -2.31. The Morgan fingerprint density at radius 1 is 1.26 bits per heavy atom. The fourth-order valence-electron chi connectivity index (χ4n) is 2.59. The maximum Gasteiger partial charge on any atom is 0.233 e. The van der Waals surface area contributed by atoms with Gasteiger partial charge in [0.2, 0.25) is 15.9 Å². The molecular formula is C15H22FN3O3S. The van der Waals surface area contributed by atoms with Gasteiger partial charge in [-0.2, -0.15) is 0 Å². The monoisotopic (exact) mass is 343 g/mol. The van der Waals surface area contributed by atoms with E-state index in [1.807, 2.05) is 4.90 Å². The SMILES string of the molecule is CNC(=O)CN1CCC(NS(=O)(=O)Cc2ccc(F)cc2)CC1. The Hall–Kier alpha value is -1.51. The first-order valence-corrected chi connectivity index (χ1v) is 9.20. The van der Waals surface area contributed by atoms with Crippen molar-refractivity contribution in [2.45, 2.75) is 24.6 Å². The largest absolute Gasteiger partial charge is 0.358 e. The molecule has 0 saturated carbocycles. The van der Waals surface area contributed by atoms with E-state index in [9.17, 15) is 17.6 Å². The summed E-state index contributed by atoms with van der Waals surface area (Å²) in [7, 11) is -1.87. The maximum atomic E-state index is 12.8. The summed E-state index contributed by atoms with van der Waals surface area (Å²) in [5.41, 5.74) is 0.552. The first-order chi connectivity index (χ1) is 10.9. The van der Waals surface area contributed by atoms with E-state index in [-0.39, 0.29) is 23.5 Å². The number of nitrogens with zero attached hydrogens (tertiary/aromatic N) is 1. The lowest BCUT2D eigenvalue weighted by molar-refractivity contribution is -0.122. The molecule has 0 unspecified atom stereocenters. The first kappa shape index (κ1) is 17.8. The Balaban J connectivity index is 1.82. The molecule has 23 heavy (non-hydrogen) atoms. The molecule has 1 fully saturated rings. The summed E-state index contributed by atoms with van der Waals surface area (Å²) in [5.74, 6) is -0.589. The van der Waals surface area contributed by atoms with Crippen LogP contribution in [0.25, 0.3) is 0 Å². The van der Waals surface area contributed by atoms with Gasteiger partial charge in [0.05, 0.1) is 12.3 Å². The van der Waals surface area contributed by atoms with Crippen molar-refractivity contribution >= 4 is 15.9 Å². The molecule has 0 bridgehead atoms. The van der Waals surface area contributed by atoms with E-state index in [1.54, 1.807) is 7.05 Å². The average Bonchev–Trinajstić information content (AvgIpc) is 2.51. The number of piperidine rings is 1. The molecule has 2 rings (SSSR count). The van der Waals surface area contributed by atoms with Crippen LogP contribution in [0.5, 0.6) is 0 Å². The first-order valence-electron chi connectivity index (χ1n) is 7.55. The van der Waals surface area contributed by atoms with Crippen LogP contribution in [0.4, 0.5) is 4.39 Å². The number of benzene rings is 1. The number of likely N-dealkylation sites (tertiary alicyclic amines) is 1. The number of hydrogen-bond donors (Lipinski definition) is 2. The van der Waals surface area contributed by atoms with Gasteiger partial charge in [-0.3, -0.25) is 9.69 Å². The molecule has 1 amide bonds. The molecule has 0 aliphatic carbocycles. The van der Waals surface area contributed by atoms with E-state index in [1.165, 1.54) is 24.3 Å². The Morgan fingerprint density at radius 2 is 1.87 bits per heavy atom. The standard InChI is InChI=1S/C15H22FN3O3S/c1-17-15(20)10-19-8-6-14(7-9-19)18-23(21,22)11-12-2-4-13(16)5-3-12/h2-5,14,18H,6-11H2,1H3,(H,17,20). The molecule has 2 N–H and O–H groups in total. The molecular weight excluding hydrogens is 321 g/mol. The highest BCUT2D eigenvalue weighted by Crippen LogP contribution is 2.13. The van der Waals surface area contributed by atoms with Crippen LogP contribution >= 0.6 is 0 Å². The highest BCUT2D eigenvalue weighted by Gasteiger charge is 2.24. The molecule has 128 valence electrons. The third kappa shape index (κ3) is 5.89. The van der Waals surface area contributed by atoms with Gasteiger partial charge in [0, 0.05) is 26.2 Å². The van der Waals surface area contributed by atoms with Gasteiger partial charge in [-0.05, 0) is 30.5 Å². The van der Waals surface area contributed by atoms with Gasteiger partial charge in [0.25, 0.3) is 0 Å². The number of nitrogens with one attached hydrogen (secondary N) is 2. The number of carbonyl (C=O) groups is 1. The Bertz CT molecular complexity index is 626. The van der Waals surface area contributed by atoms with Crippen LogP contribution in [0.1, 0.15) is 18.4 Å². The van der Waals surface area contributed by atoms with E-state index in [4.69, 9.17) is 0 Å². The van der Waals surface area contributed by atoms with Gasteiger partial charge < -0.3 is 5.32 Å². The van der Waals surface area contributed by atoms with Crippen LogP contribution in [0.15, 0.2) is 24.3 Å². The minimum absolute atomic E-state index is 0.0414. The summed E-state index contributed by atoms with van der Waals surface area (Å²) in [6, 6.07) is 5.33. The van der Waals surface area contributed by atoms with Gasteiger partial charge in [0.15, 0.2) is 0 Å². The molecule has 1 aliphatic rings. The number of carbonyl (C=O) groups excluding carboxylic acids is 1. The Kier molecular flexibility index (Phi) is 6.09. The summed E-state index contributed by atoms with van der Waals surface area (Å²) in [5, 5.41) is 2.57. The van der Waals surface area contributed by atoms with Crippen molar-refractivity contribution < 1.29 is 17.6 Å². The molecule has 1 aromatic rings. The minimum atomic E-state index is -3.46. The second-order valence-corrected chi connectivity index (χ2v) is 7.48. The third-order valence-electron chi connectivity index (χ3n) is 3.85. The topological polar surface area (TPSA) is 78.5 Å². The molecule has 0 atom stereocenters. The number of rotatable bonds is 6. The summed E-state index contributed by atoms with van der Waals surface area (Å²) >= 11 is 0. The maximum absolute atomic E-state index is 12.8. The lowest BCUT2D eigenvalue weighted by Crippen LogP contribution is -2.47. The highest BCUT2D eigenvalue weighted by atomic mass is 32.2. The fourth-order valence-corrected chi connectivity index (χ4v) is 4.04. The Labute approximate surface area is 136 Å². The smallest absolute Gasteiger partial charge is 0.233 e. The van der Waals surface area contributed by atoms with Crippen molar-refractivity contribution in [1.82, 2.24) is 14.9 Å². The molecule has 1 aromatic carbocycles. The van der Waals surface area contributed by atoms with Crippen molar-refractivity contribution in [3.8, 4) is 0 Å². The van der Waals surface area contributed by atoms with Crippen molar-refractivity contribution in [1.29, 1.82) is 0 Å². The fraction of sp³-hybridized carbons (Fsp3) is 0.533. The van der Waals surface area contributed by atoms with Crippen LogP contribution in [0.3, 0.4) is 0 Å². The van der Waals surface area contributed by atoms with Crippen LogP contribution in [0.2, 0.25) is 0 Å². The number of amides is 1. The Morgan fingerprint density at radius 3 is 2.43 bits per heavy atom. The van der Waals surface area contributed by atoms with Crippen LogP contribution in [-0.4, -0.2) is 51.9 Å². The van der Waals surface area contributed by atoms with Crippen molar-refractivity contribution in [3.05, 3.63) is 35.6 Å². The van der Waals surface area contributed by atoms with Gasteiger partial charge >= 0.3 is 0 Å². The zero-order valence-corrected chi connectivity index (χ0v) is 13.9. The van der Waals surface area contributed by atoms with E-state index < -0.39 is 10.0 Å². The number of hydrogen-bond acceptors (Lipinski definition) is 4. The third-order valence-corrected chi connectivity index (χ3v) is 5.26. The van der Waals surface area contributed by atoms with Gasteiger partial charge in [-0.1, -0.05) is 12.1 Å². The van der Waals surface area contributed by atoms with Crippen molar-refractivity contribution in [2.24, 2.45) is 0 Å². The van der Waals surface area contributed by atoms with E-state index in [0.717, 1.165) is 0 Å². The van der Waals surface area contributed by atoms with E-state index in [2.05, 4.69) is 10.0 Å². The number of sulfonamides is 1. The molecule has 0 spiro atoms. The van der Waals surface area contributed by atoms with Gasteiger partial charge in [-0.25, -0.2) is 17.5 Å². The van der Waals surface area contributed by atoms with Crippen LogP contribution in [-0.2, 0) is 20.6 Å². The number of halogens is 1. The second kappa shape index (κ2) is 7.85. The van der Waals surface area contributed by atoms with Crippen LogP contribution < -0.4 is 10.0 Å². The summed E-state index contributed by atoms with van der Waals surface area (Å²) < 4.78 is 39.9. The highest BCUT2D eigenvalue weighted by molar-refractivity contribution is 7.88. The van der Waals surface area contributed by atoms with Gasteiger partial charge in [-0.15, -0.1) is 0 Å². The molecule has 6 nitrogen and oxygen atoms in total. The zero-order valence-electron chi connectivity index (χ0n) is 13.1. The minimum Gasteiger partial charge on any atom is -0.358 e. The average molecular weight is 343 g/mol. The van der Waals surface area contributed by atoms with Crippen molar-refractivity contribution in [3.63, 3.8) is 0 Å². The summed E-state index contributed by atoms with van der Waals surface area (Å²) in [4.78, 5) is 13.3. The molecule has 0 aromatic heterocycles. The number of likely N-dealkylation sites (N-methyl/N-ethyl adjacent to an activating group) is 1. The van der Waals surface area contributed by atoms with E-state index >= 15 is 0 Å². The second-order valence-electron chi connectivity index (χ2n) is 5.73.